The predicted octanol–water partition coefficient (Wildman–Crippen LogP) is 3.51. The molecule has 2 aromatic rings. The highest BCUT2D eigenvalue weighted by Crippen LogP contribution is 2.15. The molecule has 2 aromatic carbocycles. The molecule has 0 saturated carbocycles. The summed E-state index contributed by atoms with van der Waals surface area (Å²) in [6.45, 7) is 0. The third-order valence-corrected chi connectivity index (χ3v) is 8.33. The second-order valence-electron chi connectivity index (χ2n) is 6.13. The summed E-state index contributed by atoms with van der Waals surface area (Å²) in [6.07, 6.45) is 0. The van der Waals surface area contributed by atoms with Crippen molar-refractivity contribution >= 4 is 47.6 Å². The van der Waals surface area contributed by atoms with E-state index < -0.39 is 20.0 Å². The molecule has 0 heterocycles. The van der Waals surface area contributed by atoms with Gasteiger partial charge in [0.15, 0.2) is 0 Å². The molecule has 0 aliphatic heterocycles. The Hall–Kier alpha value is -0.970. The monoisotopic (exact) mass is 510 g/mol. The summed E-state index contributed by atoms with van der Waals surface area (Å²) in [5.74, 6) is 0.391. The van der Waals surface area contributed by atoms with Crippen LogP contribution in [0.4, 0.5) is 0 Å². The van der Waals surface area contributed by atoms with E-state index in [1.807, 2.05) is 0 Å². The van der Waals surface area contributed by atoms with E-state index >= 15 is 0 Å². The van der Waals surface area contributed by atoms with Gasteiger partial charge in [-0.15, -0.1) is 11.6 Å². The average Bonchev–Trinajstić information content (AvgIpc) is 2.68. The Bertz CT molecular complexity index is 878. The zero-order valence-electron chi connectivity index (χ0n) is 16.1. The van der Waals surface area contributed by atoms with E-state index in [1.54, 1.807) is 48.5 Å². The highest BCUT2D eigenvalue weighted by Gasteiger charge is 2.17. The van der Waals surface area contributed by atoms with Gasteiger partial charge in [-0.05, 0) is 35.4 Å². The van der Waals surface area contributed by atoms with Crippen LogP contribution in [0.15, 0.2) is 58.3 Å². The Labute approximate surface area is 181 Å². The van der Waals surface area contributed by atoms with Crippen LogP contribution in [-0.4, -0.2) is 53.6 Å². The van der Waals surface area contributed by atoms with Crippen molar-refractivity contribution in [2.24, 2.45) is 0 Å². The molecule has 0 unspecified atom stereocenters. The molecule has 0 bridgehead atoms. The van der Waals surface area contributed by atoms with Crippen LogP contribution >= 0.6 is 27.5 Å². The minimum absolute atomic E-state index is 0.288. The van der Waals surface area contributed by atoms with Crippen molar-refractivity contribution in [2.45, 2.75) is 21.0 Å². The van der Waals surface area contributed by atoms with Crippen molar-refractivity contribution in [3.63, 3.8) is 0 Å². The van der Waals surface area contributed by atoms with E-state index in [2.05, 4.69) is 15.9 Å². The van der Waals surface area contributed by atoms with Gasteiger partial charge >= 0.3 is 0 Å². The number of halogens is 2. The lowest BCUT2D eigenvalue weighted by atomic mass is 10.2. The van der Waals surface area contributed by atoms with Gasteiger partial charge in [0.2, 0.25) is 20.0 Å². The van der Waals surface area contributed by atoms with Crippen molar-refractivity contribution < 1.29 is 16.8 Å². The molecule has 6 nitrogen and oxygen atoms in total. The number of rotatable bonds is 6. The Morgan fingerprint density at radius 3 is 1.29 bits per heavy atom. The van der Waals surface area contributed by atoms with E-state index in [9.17, 15) is 16.8 Å². The largest absolute Gasteiger partial charge is 0.242 e. The van der Waals surface area contributed by atoms with Gasteiger partial charge in [0.25, 0.3) is 0 Å². The summed E-state index contributed by atoms with van der Waals surface area (Å²) in [4.78, 5) is 0.614. The third-order valence-electron chi connectivity index (χ3n) is 3.71. The van der Waals surface area contributed by atoms with Crippen LogP contribution in [0.1, 0.15) is 11.1 Å². The van der Waals surface area contributed by atoms with Gasteiger partial charge in [-0.2, -0.15) is 0 Å². The first-order valence-corrected chi connectivity index (χ1v) is 12.6. The molecule has 0 spiro atoms. The Kier molecular flexibility index (Phi) is 9.58. The van der Waals surface area contributed by atoms with Crippen LogP contribution in [0, 0.1) is 0 Å². The lowest BCUT2D eigenvalue weighted by molar-refractivity contribution is 0.519. The first-order valence-electron chi connectivity index (χ1n) is 8.11. The van der Waals surface area contributed by atoms with Gasteiger partial charge in [-0.1, -0.05) is 40.2 Å². The molecule has 0 atom stereocenters. The van der Waals surface area contributed by atoms with Gasteiger partial charge in [-0.3, -0.25) is 0 Å². The third kappa shape index (κ3) is 6.53. The zero-order chi connectivity index (χ0) is 21.5. The summed E-state index contributed by atoms with van der Waals surface area (Å²) in [6, 6.07) is 13.4. The van der Waals surface area contributed by atoms with Crippen LogP contribution in [0.2, 0.25) is 0 Å². The maximum absolute atomic E-state index is 11.6. The molecular formula is C18H24BrClN2O4S2. The fraction of sp³-hybridized carbons (Fsp3) is 0.333. The van der Waals surface area contributed by atoms with Gasteiger partial charge < -0.3 is 0 Å². The molecular weight excluding hydrogens is 488 g/mol. The lowest BCUT2D eigenvalue weighted by Crippen LogP contribution is -2.22. The zero-order valence-corrected chi connectivity index (χ0v) is 20.1. The van der Waals surface area contributed by atoms with E-state index in [0.29, 0.717) is 10.8 Å². The summed E-state index contributed by atoms with van der Waals surface area (Å²) in [5, 5.41) is 0.731. The Balaban J connectivity index is 0.000000280. The van der Waals surface area contributed by atoms with Crippen LogP contribution in [0.25, 0.3) is 0 Å². The summed E-state index contributed by atoms with van der Waals surface area (Å²) in [7, 11) is -0.543. The molecule has 0 aromatic heterocycles. The molecule has 0 N–H and O–H groups in total. The first kappa shape index (κ1) is 25.1. The maximum Gasteiger partial charge on any atom is 0.242 e. The predicted molar refractivity (Wildman–Crippen MR) is 117 cm³/mol. The second kappa shape index (κ2) is 10.7. The second-order valence-corrected chi connectivity index (χ2v) is 11.3. The highest BCUT2D eigenvalue weighted by atomic mass is 79.9. The normalized spacial score (nSPS) is 12.0. The van der Waals surface area contributed by atoms with Crippen molar-refractivity contribution in [1.29, 1.82) is 0 Å². The average molecular weight is 512 g/mol. The molecule has 10 heteroatoms. The van der Waals surface area contributed by atoms with E-state index in [4.69, 9.17) is 11.6 Å². The number of sulfonamides is 2. The van der Waals surface area contributed by atoms with Crippen LogP contribution < -0.4 is 0 Å². The SMILES string of the molecule is CN(C)S(=O)(=O)c1ccc(CBr)cc1.CN(C)S(=O)(=O)c1ccc(CCl)cc1. The number of benzene rings is 2. The number of hydrogen-bond donors (Lipinski definition) is 0. The Morgan fingerprint density at radius 2 is 1.04 bits per heavy atom. The van der Waals surface area contributed by atoms with Gasteiger partial charge in [0.1, 0.15) is 0 Å². The van der Waals surface area contributed by atoms with Crippen LogP contribution in [-0.2, 0) is 31.3 Å². The van der Waals surface area contributed by atoms with Crippen molar-refractivity contribution in [1.82, 2.24) is 8.61 Å². The number of nitrogens with zero attached hydrogens (tertiary/aromatic N) is 2. The first-order chi connectivity index (χ1) is 13.0. The van der Waals surface area contributed by atoms with Crippen molar-refractivity contribution in [3.05, 3.63) is 59.7 Å². The highest BCUT2D eigenvalue weighted by molar-refractivity contribution is 9.08. The summed E-state index contributed by atoms with van der Waals surface area (Å²) in [5.41, 5.74) is 1.96. The van der Waals surface area contributed by atoms with Crippen LogP contribution in [0.3, 0.4) is 0 Å². The number of alkyl halides is 2. The molecule has 28 heavy (non-hydrogen) atoms. The Morgan fingerprint density at radius 1 is 0.714 bits per heavy atom. The van der Waals surface area contributed by atoms with Gasteiger partial charge in [-0.25, -0.2) is 25.4 Å². The molecule has 156 valence electrons. The molecule has 0 radical (unpaired) electrons. The smallest absolute Gasteiger partial charge is 0.207 e. The summed E-state index contributed by atoms with van der Waals surface area (Å²) >= 11 is 8.90. The summed E-state index contributed by atoms with van der Waals surface area (Å²) < 4.78 is 48.9. The molecule has 0 aliphatic carbocycles. The molecule has 0 saturated heterocycles. The van der Waals surface area contributed by atoms with E-state index in [1.165, 1.54) is 36.8 Å². The van der Waals surface area contributed by atoms with E-state index in [-0.39, 0.29) is 4.90 Å². The molecule has 0 aliphatic rings. The maximum atomic E-state index is 11.6. The molecule has 0 fully saturated rings. The lowest BCUT2D eigenvalue weighted by Gasteiger charge is -2.11. The van der Waals surface area contributed by atoms with Gasteiger partial charge in [0, 0.05) is 39.4 Å². The van der Waals surface area contributed by atoms with Gasteiger partial charge in [0.05, 0.1) is 9.79 Å². The molecule has 2 rings (SSSR count). The topological polar surface area (TPSA) is 74.8 Å². The fourth-order valence-corrected chi connectivity index (χ4v) is 4.28. The fourth-order valence-electron chi connectivity index (χ4n) is 1.92. The minimum atomic E-state index is -3.31. The van der Waals surface area contributed by atoms with Crippen LogP contribution in [0.5, 0.6) is 0 Å². The standard InChI is InChI=1S/C9H12BrNO2S.C9H12ClNO2S/c2*1-11(2)14(12,13)9-5-3-8(7-10)4-6-9/h2*3-6H,7H2,1-2H3. The van der Waals surface area contributed by atoms with Crippen molar-refractivity contribution in [2.75, 3.05) is 28.2 Å². The van der Waals surface area contributed by atoms with Crippen molar-refractivity contribution in [3.8, 4) is 0 Å². The van der Waals surface area contributed by atoms with E-state index in [0.717, 1.165) is 16.5 Å². The number of hydrogen-bond acceptors (Lipinski definition) is 4. The molecule has 0 amide bonds. The minimum Gasteiger partial charge on any atom is -0.207 e. The quantitative estimate of drug-likeness (QED) is 0.556.